The number of nitrogens with zero attached hydrogens (tertiary/aromatic N) is 4. The van der Waals surface area contributed by atoms with Crippen molar-refractivity contribution in [2.75, 3.05) is 0 Å². The third-order valence-corrected chi connectivity index (χ3v) is 7.40. The monoisotopic (exact) mass is 474 g/mol. The zero-order valence-corrected chi connectivity index (χ0v) is 20.0. The van der Waals surface area contributed by atoms with E-state index in [2.05, 4.69) is 134 Å². The van der Waals surface area contributed by atoms with Gasteiger partial charge < -0.3 is 13.7 Å². The predicted molar refractivity (Wildman–Crippen MR) is 152 cm³/mol. The van der Waals surface area contributed by atoms with Crippen LogP contribution in [0.2, 0.25) is 0 Å². The van der Waals surface area contributed by atoms with Gasteiger partial charge in [-0.2, -0.15) is 0 Å². The normalized spacial score (nSPS) is 11.8. The molecular formula is C33H22N4. The molecule has 0 atom stereocenters. The number of fused-ring (bicyclic) bond motifs is 6. The Bertz CT molecular complexity index is 1850. The molecule has 8 aromatic rings. The van der Waals surface area contributed by atoms with Crippen LogP contribution in [0.5, 0.6) is 0 Å². The molecule has 0 bridgehead atoms. The summed E-state index contributed by atoms with van der Waals surface area (Å²) in [6.45, 7) is 0. The number of imidazole rings is 1. The van der Waals surface area contributed by atoms with E-state index >= 15 is 0 Å². The van der Waals surface area contributed by atoms with Crippen LogP contribution >= 0.6 is 0 Å². The molecule has 4 nitrogen and oxygen atoms in total. The van der Waals surface area contributed by atoms with E-state index in [0.717, 1.165) is 17.1 Å². The Morgan fingerprint density at radius 2 is 0.838 bits per heavy atom. The van der Waals surface area contributed by atoms with Gasteiger partial charge in [0.25, 0.3) is 0 Å². The Balaban J connectivity index is 1.56. The van der Waals surface area contributed by atoms with Crippen molar-refractivity contribution in [3.63, 3.8) is 0 Å². The van der Waals surface area contributed by atoms with Crippen LogP contribution in [0.4, 0.5) is 0 Å². The smallest absolute Gasteiger partial charge is 0.0993 e. The van der Waals surface area contributed by atoms with E-state index in [-0.39, 0.29) is 0 Å². The van der Waals surface area contributed by atoms with Crippen molar-refractivity contribution in [3.8, 4) is 17.1 Å². The van der Waals surface area contributed by atoms with Crippen molar-refractivity contribution in [2.45, 2.75) is 0 Å². The van der Waals surface area contributed by atoms with Crippen LogP contribution in [0.1, 0.15) is 0 Å². The van der Waals surface area contributed by atoms with Crippen molar-refractivity contribution in [1.29, 1.82) is 0 Å². The molecule has 0 saturated heterocycles. The van der Waals surface area contributed by atoms with Crippen molar-refractivity contribution >= 4 is 43.6 Å². The number of aromatic nitrogens is 4. The minimum atomic E-state index is 1.08. The second-order valence-corrected chi connectivity index (χ2v) is 9.35. The minimum absolute atomic E-state index is 1.08. The summed E-state index contributed by atoms with van der Waals surface area (Å²) >= 11 is 0. The lowest BCUT2D eigenvalue weighted by Crippen LogP contribution is -2.07. The van der Waals surface area contributed by atoms with E-state index in [1.54, 1.807) is 0 Å². The summed E-state index contributed by atoms with van der Waals surface area (Å²) in [4.78, 5) is 4.44. The summed E-state index contributed by atoms with van der Waals surface area (Å²) in [6.07, 6.45) is 5.77. The average molecular weight is 475 g/mol. The SMILES string of the molecule is c1cc(-n2c3ccccc3c3ccccc32)c(-n2ccnc2)c(-n2c3ccccc3c3ccccc32)c1. The third-order valence-electron chi connectivity index (χ3n) is 7.40. The molecule has 5 aromatic carbocycles. The Morgan fingerprint density at radius 1 is 0.432 bits per heavy atom. The first kappa shape index (κ1) is 20.1. The van der Waals surface area contributed by atoms with Crippen LogP contribution in [-0.2, 0) is 0 Å². The second-order valence-electron chi connectivity index (χ2n) is 9.35. The van der Waals surface area contributed by atoms with Gasteiger partial charge in [-0.25, -0.2) is 4.98 Å². The molecule has 3 heterocycles. The highest BCUT2D eigenvalue weighted by atomic mass is 15.1. The van der Waals surface area contributed by atoms with Gasteiger partial charge in [-0.1, -0.05) is 78.9 Å². The zero-order chi connectivity index (χ0) is 24.3. The summed E-state index contributed by atoms with van der Waals surface area (Å²) in [5.74, 6) is 0. The van der Waals surface area contributed by atoms with Crippen molar-refractivity contribution in [1.82, 2.24) is 18.7 Å². The first-order chi connectivity index (χ1) is 18.4. The highest BCUT2D eigenvalue weighted by Gasteiger charge is 2.21. The van der Waals surface area contributed by atoms with E-state index in [4.69, 9.17) is 0 Å². The molecule has 0 saturated carbocycles. The molecule has 8 rings (SSSR count). The fourth-order valence-electron chi connectivity index (χ4n) is 5.90. The molecule has 0 spiro atoms. The van der Waals surface area contributed by atoms with Gasteiger partial charge in [-0.3, -0.25) is 0 Å². The number of hydrogen-bond donors (Lipinski definition) is 0. The van der Waals surface area contributed by atoms with E-state index < -0.39 is 0 Å². The Morgan fingerprint density at radius 3 is 1.22 bits per heavy atom. The molecule has 0 N–H and O–H groups in total. The highest BCUT2D eigenvalue weighted by Crippen LogP contribution is 2.39. The lowest BCUT2D eigenvalue weighted by atomic mass is 10.2. The summed E-state index contributed by atoms with van der Waals surface area (Å²) in [7, 11) is 0. The number of rotatable bonds is 3. The zero-order valence-electron chi connectivity index (χ0n) is 20.0. The largest absolute Gasteiger partial charge is 0.307 e. The third kappa shape index (κ3) is 2.81. The standard InChI is InChI=1S/C33H22N4/c1-5-14-27-23(10-1)24-11-2-6-15-28(24)36(27)31-18-9-19-32(33(31)35-21-20-34-22-35)37-29-16-7-3-12-25(29)26-13-4-8-17-30(26)37/h1-22H. The molecule has 0 aliphatic heterocycles. The molecule has 0 aliphatic rings. The molecule has 3 aromatic heterocycles. The highest BCUT2D eigenvalue weighted by molar-refractivity contribution is 6.11. The fourth-order valence-corrected chi connectivity index (χ4v) is 5.90. The lowest BCUT2D eigenvalue weighted by Gasteiger charge is -2.20. The molecule has 37 heavy (non-hydrogen) atoms. The average Bonchev–Trinajstić information content (AvgIpc) is 3.68. The van der Waals surface area contributed by atoms with Gasteiger partial charge in [0.05, 0.1) is 45.5 Å². The van der Waals surface area contributed by atoms with Gasteiger partial charge in [-0.05, 0) is 36.4 Å². The van der Waals surface area contributed by atoms with E-state index in [9.17, 15) is 0 Å². The molecule has 174 valence electrons. The van der Waals surface area contributed by atoms with Crippen LogP contribution in [0, 0.1) is 0 Å². The summed E-state index contributed by atoms with van der Waals surface area (Å²) in [5, 5.41) is 4.99. The van der Waals surface area contributed by atoms with Crippen molar-refractivity contribution in [3.05, 3.63) is 134 Å². The molecule has 0 aliphatic carbocycles. The quantitative estimate of drug-likeness (QED) is 0.254. The lowest BCUT2D eigenvalue weighted by molar-refractivity contribution is 0.993. The van der Waals surface area contributed by atoms with Crippen LogP contribution in [0.3, 0.4) is 0 Å². The summed E-state index contributed by atoms with van der Waals surface area (Å²) in [5.41, 5.74) is 8.03. The van der Waals surface area contributed by atoms with Gasteiger partial charge in [0.1, 0.15) is 0 Å². The second kappa shape index (κ2) is 7.70. The van der Waals surface area contributed by atoms with Crippen molar-refractivity contribution in [2.24, 2.45) is 0 Å². The van der Waals surface area contributed by atoms with Gasteiger partial charge in [0.15, 0.2) is 0 Å². The summed E-state index contributed by atoms with van der Waals surface area (Å²) < 4.78 is 6.91. The maximum absolute atomic E-state index is 4.44. The Hall–Kier alpha value is -5.09. The van der Waals surface area contributed by atoms with Crippen LogP contribution in [-0.4, -0.2) is 18.7 Å². The van der Waals surface area contributed by atoms with E-state index in [1.165, 1.54) is 43.6 Å². The molecule has 0 fully saturated rings. The number of para-hydroxylation sites is 5. The minimum Gasteiger partial charge on any atom is -0.307 e. The molecule has 0 amide bonds. The Labute approximate surface area is 213 Å². The van der Waals surface area contributed by atoms with Gasteiger partial charge >= 0.3 is 0 Å². The van der Waals surface area contributed by atoms with E-state index in [0.29, 0.717) is 0 Å². The molecular weight excluding hydrogens is 452 g/mol. The first-order valence-corrected chi connectivity index (χ1v) is 12.5. The van der Waals surface area contributed by atoms with Crippen LogP contribution in [0.15, 0.2) is 134 Å². The van der Waals surface area contributed by atoms with E-state index in [1.807, 2.05) is 18.7 Å². The van der Waals surface area contributed by atoms with Crippen LogP contribution in [0.25, 0.3) is 60.7 Å². The Kier molecular flexibility index (Phi) is 4.19. The summed E-state index contributed by atoms with van der Waals surface area (Å²) in [6, 6.07) is 41.2. The predicted octanol–water partition coefficient (Wildman–Crippen LogP) is 8.07. The molecule has 0 radical (unpaired) electrons. The van der Waals surface area contributed by atoms with Gasteiger partial charge in [-0.15, -0.1) is 0 Å². The fraction of sp³-hybridized carbons (Fsp3) is 0. The number of hydrogen-bond acceptors (Lipinski definition) is 1. The molecule has 4 heteroatoms. The maximum Gasteiger partial charge on any atom is 0.0993 e. The van der Waals surface area contributed by atoms with Crippen molar-refractivity contribution < 1.29 is 0 Å². The van der Waals surface area contributed by atoms with Gasteiger partial charge in [0, 0.05) is 33.9 Å². The first-order valence-electron chi connectivity index (χ1n) is 12.5. The molecule has 0 unspecified atom stereocenters. The van der Waals surface area contributed by atoms with Gasteiger partial charge in [0.2, 0.25) is 0 Å². The topological polar surface area (TPSA) is 27.7 Å². The maximum atomic E-state index is 4.44. The number of benzene rings is 5. The van der Waals surface area contributed by atoms with Crippen LogP contribution < -0.4 is 0 Å².